The number of hydrogen-bond donors (Lipinski definition) is 2. The molecule has 0 radical (unpaired) electrons. The number of nitrogens with one attached hydrogen (secondary N) is 1. The Balaban J connectivity index is 1.54. The van der Waals surface area contributed by atoms with E-state index in [1.807, 2.05) is 54.6 Å². The normalized spacial score (nSPS) is 23.4. The highest BCUT2D eigenvalue weighted by molar-refractivity contribution is 6.91. The van der Waals surface area contributed by atoms with Gasteiger partial charge < -0.3 is 24.8 Å². The zero-order valence-corrected chi connectivity index (χ0v) is 25.6. The van der Waals surface area contributed by atoms with Crippen LogP contribution in [0.5, 0.6) is 5.75 Å². The molecule has 2 heterocycles. The number of carbonyl (C=O) groups excluding carboxylic acids is 2. The number of benzene rings is 3. The molecule has 7 nitrogen and oxygen atoms in total. The summed E-state index contributed by atoms with van der Waals surface area (Å²) in [5.41, 5.74) is 1.05. The molecule has 3 aromatic carbocycles. The Kier molecular flexibility index (Phi) is 8.30. The minimum Gasteiger partial charge on any atom is -0.497 e. The van der Waals surface area contributed by atoms with Crippen LogP contribution >= 0.6 is 11.6 Å². The van der Waals surface area contributed by atoms with Crippen LogP contribution < -0.4 is 15.2 Å². The zero-order valence-electron chi connectivity index (χ0n) is 23.9. The number of hydrogen-bond acceptors (Lipinski definition) is 5. The first-order valence-electron chi connectivity index (χ1n) is 14.0. The van der Waals surface area contributed by atoms with E-state index in [2.05, 4.69) is 37.5 Å². The Bertz CT molecular complexity index is 1420. The fraction of sp³-hybridized carbons (Fsp3) is 0.375. The second-order valence-electron chi connectivity index (χ2n) is 11.5. The molecule has 2 aliphatic rings. The summed E-state index contributed by atoms with van der Waals surface area (Å²) in [6.07, 6.45) is -0.423. The van der Waals surface area contributed by atoms with Crippen LogP contribution in [0.2, 0.25) is 23.7 Å². The molecule has 0 unspecified atom stereocenters. The van der Waals surface area contributed by atoms with Gasteiger partial charge in [0, 0.05) is 35.3 Å². The Morgan fingerprint density at radius 1 is 1.12 bits per heavy atom. The summed E-state index contributed by atoms with van der Waals surface area (Å²) in [7, 11) is -0.731. The lowest BCUT2D eigenvalue weighted by Gasteiger charge is -2.37. The molecule has 0 saturated carbocycles. The number of nitrogens with zero attached hydrogens (tertiary/aromatic N) is 1. The van der Waals surface area contributed by atoms with Gasteiger partial charge in [-0.3, -0.25) is 9.59 Å². The number of aliphatic hydroxyl groups is 1. The van der Waals surface area contributed by atoms with Crippen molar-refractivity contribution < 1.29 is 24.2 Å². The molecule has 216 valence electrons. The summed E-state index contributed by atoms with van der Waals surface area (Å²) in [4.78, 5) is 29.3. The van der Waals surface area contributed by atoms with E-state index in [1.54, 1.807) is 18.1 Å². The first kappa shape index (κ1) is 29.3. The summed E-state index contributed by atoms with van der Waals surface area (Å²) in [6, 6.07) is 23.2. The minimum atomic E-state index is -2.37. The fourth-order valence-electron chi connectivity index (χ4n) is 6.82. The summed E-state index contributed by atoms with van der Waals surface area (Å²) < 4.78 is 12.3. The molecule has 1 spiro atoms. The maximum atomic E-state index is 13.9. The quantitative estimate of drug-likeness (QED) is 0.344. The Morgan fingerprint density at radius 2 is 1.83 bits per heavy atom. The van der Waals surface area contributed by atoms with Crippen molar-refractivity contribution in [2.45, 2.75) is 50.2 Å². The molecule has 0 aliphatic carbocycles. The van der Waals surface area contributed by atoms with Gasteiger partial charge in [0.05, 0.1) is 34.3 Å². The highest BCUT2D eigenvalue weighted by atomic mass is 35.5. The van der Waals surface area contributed by atoms with Gasteiger partial charge in [0.25, 0.3) is 5.91 Å². The molecule has 9 heteroatoms. The molecule has 2 aliphatic heterocycles. The van der Waals surface area contributed by atoms with Crippen LogP contribution in [-0.2, 0) is 26.5 Å². The molecule has 2 N–H and O–H groups in total. The Hall–Kier alpha value is -3.17. The summed E-state index contributed by atoms with van der Waals surface area (Å²) in [6.45, 7) is 7.07. The monoisotopic (exact) mass is 592 g/mol. The second-order valence-corrected chi connectivity index (χ2v) is 16.7. The summed E-state index contributed by atoms with van der Waals surface area (Å²) in [5, 5.41) is 14.5. The lowest BCUT2D eigenvalue weighted by molar-refractivity contribution is -0.148. The van der Waals surface area contributed by atoms with Gasteiger partial charge in [-0.25, -0.2) is 0 Å². The van der Waals surface area contributed by atoms with Gasteiger partial charge in [0.2, 0.25) is 5.91 Å². The molecule has 5 rings (SSSR count). The van der Waals surface area contributed by atoms with Crippen LogP contribution in [0, 0.1) is 5.92 Å². The molecule has 1 saturated heterocycles. The molecule has 4 atom stereocenters. The minimum absolute atomic E-state index is 0.0803. The van der Waals surface area contributed by atoms with Crippen LogP contribution in [0.4, 0.5) is 5.69 Å². The van der Waals surface area contributed by atoms with E-state index < -0.39 is 19.8 Å². The first-order chi connectivity index (χ1) is 19.6. The number of carbonyl (C=O) groups is 2. The van der Waals surface area contributed by atoms with Crippen molar-refractivity contribution in [3.8, 4) is 5.75 Å². The van der Waals surface area contributed by atoms with E-state index in [9.17, 15) is 14.7 Å². The number of aliphatic hydroxyl groups excluding tert-OH is 1. The van der Waals surface area contributed by atoms with Crippen LogP contribution in [0.1, 0.15) is 24.5 Å². The molecule has 0 bridgehead atoms. The van der Waals surface area contributed by atoms with E-state index in [0.29, 0.717) is 17.3 Å². The number of ether oxygens (including phenoxy) is 2. The highest BCUT2D eigenvalue weighted by Gasteiger charge is 2.65. The van der Waals surface area contributed by atoms with Crippen molar-refractivity contribution in [3.63, 3.8) is 0 Å². The van der Waals surface area contributed by atoms with E-state index in [-0.39, 0.29) is 42.8 Å². The van der Waals surface area contributed by atoms with E-state index in [1.165, 1.54) is 5.19 Å². The van der Waals surface area contributed by atoms with Crippen LogP contribution in [0.25, 0.3) is 0 Å². The van der Waals surface area contributed by atoms with Gasteiger partial charge in [-0.2, -0.15) is 0 Å². The van der Waals surface area contributed by atoms with E-state index in [4.69, 9.17) is 21.1 Å². The van der Waals surface area contributed by atoms with Gasteiger partial charge >= 0.3 is 0 Å². The van der Waals surface area contributed by atoms with Gasteiger partial charge in [-0.15, -0.1) is 0 Å². The summed E-state index contributed by atoms with van der Waals surface area (Å²) >= 11 is 6.42. The molecule has 2 amide bonds. The van der Waals surface area contributed by atoms with Gasteiger partial charge in [0.1, 0.15) is 5.75 Å². The highest BCUT2D eigenvalue weighted by Crippen LogP contribution is 2.58. The van der Waals surface area contributed by atoms with Crippen molar-refractivity contribution in [2.24, 2.45) is 5.92 Å². The molecule has 3 aromatic rings. The maximum absolute atomic E-state index is 13.9. The smallest absolute Gasteiger partial charge is 0.261 e. The molecular formula is C32H37ClN2O5Si. The average molecular weight is 593 g/mol. The first-order valence-corrected chi connectivity index (χ1v) is 17.4. The largest absolute Gasteiger partial charge is 0.497 e. The van der Waals surface area contributed by atoms with Crippen LogP contribution in [0.3, 0.4) is 0 Å². The average Bonchev–Trinajstić information content (AvgIpc) is 3.41. The van der Waals surface area contributed by atoms with Gasteiger partial charge in [0.15, 0.2) is 5.60 Å². The fourth-order valence-corrected chi connectivity index (χ4v) is 11.0. The Labute approximate surface area is 247 Å². The maximum Gasteiger partial charge on any atom is 0.261 e. The number of methoxy groups -OCH3 is 1. The standard InChI is InChI=1S/C32H37ClN2O5Si/c1-21-30(41(3,4)25-13-11-24(39-2)12-14-25)28(19-29(37)35(16-17-36)20-22-8-6-5-7-9-22)40-32(21)26-18-23(33)10-15-27(26)34-31(32)38/h5-15,18,21,28,30,36H,16-17,19-20H2,1-4H3,(H,34,38)/t21-,28+,30-,32+/m1/s1. The van der Waals surface area contributed by atoms with E-state index in [0.717, 1.165) is 16.9 Å². The second kappa shape index (κ2) is 11.6. The van der Waals surface area contributed by atoms with Crippen LogP contribution in [0.15, 0.2) is 72.8 Å². The van der Waals surface area contributed by atoms with Crippen molar-refractivity contribution in [1.82, 2.24) is 4.90 Å². The predicted octanol–water partition coefficient (Wildman–Crippen LogP) is 4.93. The molecule has 41 heavy (non-hydrogen) atoms. The predicted molar refractivity (Wildman–Crippen MR) is 163 cm³/mol. The number of fused-ring (bicyclic) bond motifs is 2. The van der Waals surface area contributed by atoms with Crippen molar-refractivity contribution in [2.75, 3.05) is 25.6 Å². The lowest BCUT2D eigenvalue weighted by Crippen LogP contribution is -2.52. The molecular weight excluding hydrogens is 556 g/mol. The summed E-state index contributed by atoms with van der Waals surface area (Å²) in [5.74, 6) is 0.200. The third-order valence-corrected chi connectivity index (χ3v) is 13.5. The Morgan fingerprint density at radius 3 is 2.49 bits per heavy atom. The SMILES string of the molecule is COc1ccc([Si](C)(C)[C@H]2[C@H](CC(=O)N(CCO)Cc3ccccc3)O[C@@]3(C(=O)Nc4ccc(Cl)cc43)[C@@H]2C)cc1. The third kappa shape index (κ3) is 5.30. The third-order valence-electron chi connectivity index (χ3n) is 8.87. The topological polar surface area (TPSA) is 88.1 Å². The van der Waals surface area contributed by atoms with Crippen molar-refractivity contribution in [3.05, 3.63) is 88.9 Å². The number of rotatable bonds is 9. The zero-order chi connectivity index (χ0) is 29.4. The number of amides is 2. The van der Waals surface area contributed by atoms with Gasteiger partial charge in [-0.05, 0) is 41.4 Å². The number of halogens is 1. The number of anilines is 1. The molecule has 0 aromatic heterocycles. The molecule has 1 fully saturated rings. The van der Waals surface area contributed by atoms with Crippen molar-refractivity contribution >= 4 is 42.4 Å². The van der Waals surface area contributed by atoms with Crippen LogP contribution in [-0.4, -0.2) is 56.3 Å². The van der Waals surface area contributed by atoms with E-state index >= 15 is 0 Å². The van der Waals surface area contributed by atoms with Crippen molar-refractivity contribution in [1.29, 1.82) is 0 Å². The lowest BCUT2D eigenvalue weighted by atomic mass is 9.82. The van der Waals surface area contributed by atoms with Gasteiger partial charge in [-0.1, -0.05) is 79.3 Å².